The number of hydrogen-bond donors (Lipinski definition) is 0. The summed E-state index contributed by atoms with van der Waals surface area (Å²) in [6.07, 6.45) is 0. The lowest BCUT2D eigenvalue weighted by atomic mass is 11.0. The van der Waals surface area contributed by atoms with Crippen molar-refractivity contribution in [3.05, 3.63) is 0 Å². The largest absolute Gasteiger partial charge is 0.0776 e. The topological polar surface area (TPSA) is 0 Å². The van der Waals surface area contributed by atoms with E-state index in [-0.39, 0.29) is 7.43 Å². The van der Waals surface area contributed by atoms with Crippen LogP contribution in [-0.4, -0.2) is 0 Å². The summed E-state index contributed by atoms with van der Waals surface area (Å²) in [7, 11) is 0. The van der Waals surface area contributed by atoms with E-state index in [1.165, 1.54) is 0 Å². The van der Waals surface area contributed by atoms with Gasteiger partial charge in [0.2, 0.25) is 0 Å². The minimum Gasteiger partial charge on any atom is -0.0776 e. The Labute approximate surface area is 95.9 Å². The van der Waals surface area contributed by atoms with Crippen LogP contribution in [0.25, 0.3) is 0 Å². The molecule has 0 N–H and O–H groups in total. The Morgan fingerprint density at radius 1 is 0.294 bits per heavy atom. The van der Waals surface area contributed by atoms with Gasteiger partial charge in [-0.05, 0) is 0 Å². The van der Waals surface area contributed by atoms with E-state index in [1.54, 1.807) is 0 Å². The van der Waals surface area contributed by atoms with Gasteiger partial charge in [-0.3, -0.25) is 0 Å². The van der Waals surface area contributed by atoms with Crippen LogP contribution >= 0.6 is 0 Å². The quantitative estimate of drug-likeness (QED) is 0.398. The zero-order valence-electron chi connectivity index (χ0n) is 9.78. The Bertz CT molecular complexity index is 16.6. The zero-order valence-corrected chi connectivity index (χ0v) is 9.78. The second-order valence-corrected chi connectivity index (χ2v) is 0. The van der Waals surface area contributed by atoms with Crippen LogP contribution in [0.5, 0.6) is 0 Å². The first-order valence-electron chi connectivity index (χ1n) is 3.71. The molecular weight excluding hydrogens is 274 g/mol. The predicted molar refractivity (Wildman–Crippen MR) is 51.9 cm³/mol. The molecular formula is C7H22F10. The average Bonchev–Trinajstić information content (AvgIpc) is 2.54. The molecule has 0 saturated carbocycles. The summed E-state index contributed by atoms with van der Waals surface area (Å²) in [6.45, 7) is 12.0. The van der Waals surface area contributed by atoms with Crippen LogP contribution < -0.4 is 0 Å². The first-order chi connectivity index (χ1) is 8.00. The number of halogens is 10. The Balaban J connectivity index is -0.00000000610. The Hall–Kier alpha value is -0.700. The Kier molecular flexibility index (Phi) is 26900. The smallest absolute Gasteiger partial charge is 0 e. The van der Waals surface area contributed by atoms with E-state index in [0.717, 1.165) is 0 Å². The van der Waals surface area contributed by atoms with E-state index in [1.807, 2.05) is 41.5 Å². The van der Waals surface area contributed by atoms with Gasteiger partial charge in [0, 0.05) is 45.7 Å². The van der Waals surface area contributed by atoms with E-state index in [2.05, 4.69) is 0 Å². The second kappa shape index (κ2) is 6390. The molecule has 0 aliphatic rings. The third kappa shape index (κ3) is 5520. The molecule has 0 fully saturated rings. The van der Waals surface area contributed by atoms with Crippen LogP contribution in [0, 0.1) is 0 Å². The van der Waals surface area contributed by atoms with Gasteiger partial charge in [0.1, 0.15) is 0 Å². The molecule has 0 heterocycles. The molecule has 0 unspecified atom stereocenters. The van der Waals surface area contributed by atoms with Gasteiger partial charge in [-0.1, -0.05) is 49.0 Å². The van der Waals surface area contributed by atoms with E-state index in [0.29, 0.717) is 0 Å². The highest BCUT2D eigenvalue weighted by atomic mass is 20.0. The fraction of sp³-hybridized carbons (Fsp3) is 1.00. The maximum absolute atomic E-state index is 8.00. The maximum atomic E-state index is 8.00. The van der Waals surface area contributed by atoms with Crippen molar-refractivity contribution in [2.45, 2.75) is 49.0 Å². The molecule has 0 aromatic carbocycles. The van der Waals surface area contributed by atoms with Gasteiger partial charge in [-0.25, -0.2) is 0 Å². The molecule has 0 rings (SSSR count). The Morgan fingerprint density at radius 3 is 0.294 bits per heavy atom. The van der Waals surface area contributed by atoms with Crippen LogP contribution in [0.2, 0.25) is 0 Å². The summed E-state index contributed by atoms with van der Waals surface area (Å²) >= 11 is 0. The van der Waals surface area contributed by atoms with Crippen LogP contribution in [0.4, 0.5) is 45.7 Å². The lowest BCUT2D eigenvalue weighted by molar-refractivity contribution is 0.108. The predicted octanol–water partition coefficient (Wildman–Crippen LogP) is 7.92. The number of hydrogen-bond acceptors (Lipinski definition) is 0. The standard InChI is InChI=1S/3C2H6.CH4.5F2/c3*1-2;;5*1-2/h3*1-2H3;1H4;;;;;. The molecule has 17 heavy (non-hydrogen) atoms. The second-order valence-electron chi connectivity index (χ2n) is 0. The van der Waals surface area contributed by atoms with Gasteiger partial charge >= 0.3 is 0 Å². The van der Waals surface area contributed by atoms with Crippen molar-refractivity contribution in [1.82, 2.24) is 0 Å². The normalized spacial score (nSPS) is 2.82. The van der Waals surface area contributed by atoms with E-state index >= 15 is 0 Å². The first kappa shape index (κ1) is 71.6. The van der Waals surface area contributed by atoms with Gasteiger partial charge in [0.25, 0.3) is 0 Å². The summed E-state index contributed by atoms with van der Waals surface area (Å²) < 4.78 is 80.0. The van der Waals surface area contributed by atoms with Crippen LogP contribution in [0.15, 0.2) is 0 Å². The molecule has 0 nitrogen and oxygen atoms in total. The molecule has 0 amide bonds. The molecule has 0 bridgehead atoms. The highest BCUT2D eigenvalue weighted by Gasteiger charge is 1.01. The lowest BCUT2D eigenvalue weighted by Crippen LogP contribution is -0.856. The van der Waals surface area contributed by atoms with Crippen molar-refractivity contribution in [2.75, 3.05) is 0 Å². The van der Waals surface area contributed by atoms with Gasteiger partial charge in [0.05, 0.1) is 0 Å². The molecule has 0 saturated heterocycles. The van der Waals surface area contributed by atoms with Crippen molar-refractivity contribution in [2.24, 2.45) is 0 Å². The minimum atomic E-state index is 0. The SMILES string of the molecule is C.CC.CC.CC.FF.FF.FF.FF.FF. The van der Waals surface area contributed by atoms with Crippen molar-refractivity contribution in [1.29, 1.82) is 0 Å². The van der Waals surface area contributed by atoms with Gasteiger partial charge in [-0.2, -0.15) is 0 Å². The molecule has 0 aromatic rings. The van der Waals surface area contributed by atoms with E-state index < -0.39 is 0 Å². The van der Waals surface area contributed by atoms with Crippen LogP contribution in [0.1, 0.15) is 49.0 Å². The zero-order chi connectivity index (χ0) is 16.0. The van der Waals surface area contributed by atoms with Crippen molar-refractivity contribution < 1.29 is 45.7 Å². The summed E-state index contributed by atoms with van der Waals surface area (Å²) in [5.74, 6) is 0. The number of rotatable bonds is 0. The third-order valence-electron chi connectivity index (χ3n) is 0. The lowest BCUT2D eigenvalue weighted by Gasteiger charge is -1.07. The van der Waals surface area contributed by atoms with Crippen molar-refractivity contribution in [3.8, 4) is 0 Å². The van der Waals surface area contributed by atoms with Crippen LogP contribution in [0.3, 0.4) is 0 Å². The molecule has 10 heteroatoms. The summed E-state index contributed by atoms with van der Waals surface area (Å²) in [5, 5.41) is 0. The van der Waals surface area contributed by atoms with Gasteiger partial charge in [-0.15, -0.1) is 0 Å². The average molecular weight is 296 g/mol. The molecule has 0 radical (unpaired) electrons. The Morgan fingerprint density at radius 2 is 0.294 bits per heavy atom. The molecule has 0 atom stereocenters. The first-order valence-corrected chi connectivity index (χ1v) is 3.71. The highest BCUT2D eigenvalue weighted by molar-refractivity contribution is 3.51. The molecule has 0 aromatic heterocycles. The monoisotopic (exact) mass is 296 g/mol. The van der Waals surface area contributed by atoms with Crippen LogP contribution in [-0.2, 0) is 0 Å². The summed E-state index contributed by atoms with van der Waals surface area (Å²) in [6, 6.07) is 0. The fourth-order valence-electron chi connectivity index (χ4n) is 0. The highest BCUT2D eigenvalue weighted by Crippen LogP contribution is 1.43. The minimum absolute atomic E-state index is 0. The molecule has 0 aliphatic heterocycles. The van der Waals surface area contributed by atoms with Crippen molar-refractivity contribution >= 4 is 0 Å². The van der Waals surface area contributed by atoms with Gasteiger partial charge < -0.3 is 0 Å². The molecule has 120 valence electrons. The van der Waals surface area contributed by atoms with Gasteiger partial charge in [0.15, 0.2) is 0 Å². The summed E-state index contributed by atoms with van der Waals surface area (Å²) in [5.41, 5.74) is 0. The summed E-state index contributed by atoms with van der Waals surface area (Å²) in [4.78, 5) is 0. The van der Waals surface area contributed by atoms with E-state index in [4.69, 9.17) is 45.7 Å². The third-order valence-corrected chi connectivity index (χ3v) is 0. The van der Waals surface area contributed by atoms with Crippen molar-refractivity contribution in [3.63, 3.8) is 0 Å². The molecule has 0 aliphatic carbocycles. The molecule has 0 spiro atoms. The van der Waals surface area contributed by atoms with E-state index in [9.17, 15) is 0 Å². The maximum Gasteiger partial charge on any atom is 0 e. The fourth-order valence-corrected chi connectivity index (χ4v) is 0.